The number of aromatic amines is 1. The van der Waals surface area contributed by atoms with Crippen molar-refractivity contribution in [2.24, 2.45) is 0 Å². The number of nitrogens with zero attached hydrogens (tertiary/aromatic N) is 2. The smallest absolute Gasteiger partial charge is 0.339 e. The van der Waals surface area contributed by atoms with Gasteiger partial charge in [0.1, 0.15) is 10.2 Å². The molecule has 6 heteroatoms. The molecule has 2 N–H and O–H groups in total. The van der Waals surface area contributed by atoms with Gasteiger partial charge in [0.05, 0.1) is 11.9 Å². The van der Waals surface area contributed by atoms with Crippen molar-refractivity contribution >= 4 is 21.9 Å². The Morgan fingerprint density at radius 3 is 2.80 bits per heavy atom. The van der Waals surface area contributed by atoms with E-state index in [9.17, 15) is 4.79 Å². The van der Waals surface area contributed by atoms with Crippen LogP contribution in [0.5, 0.6) is 0 Å². The summed E-state index contributed by atoms with van der Waals surface area (Å²) in [6.07, 6.45) is 2.85. The molecule has 2 aromatic heterocycles. The summed E-state index contributed by atoms with van der Waals surface area (Å²) in [5.74, 6) is -1.01. The van der Waals surface area contributed by atoms with Crippen molar-refractivity contribution in [2.75, 3.05) is 0 Å². The highest BCUT2D eigenvalue weighted by Gasteiger charge is 2.13. The minimum absolute atomic E-state index is 0.138. The Morgan fingerprint density at radius 1 is 1.40 bits per heavy atom. The van der Waals surface area contributed by atoms with Crippen LogP contribution < -0.4 is 0 Å². The fourth-order valence-corrected chi connectivity index (χ4v) is 1.43. The van der Waals surface area contributed by atoms with E-state index in [0.717, 1.165) is 0 Å². The number of H-pyrrole nitrogens is 1. The zero-order valence-electron chi connectivity index (χ0n) is 7.44. The minimum atomic E-state index is -1.01. The van der Waals surface area contributed by atoms with Gasteiger partial charge in [-0.05, 0) is 28.1 Å². The van der Waals surface area contributed by atoms with Gasteiger partial charge < -0.3 is 5.11 Å². The summed E-state index contributed by atoms with van der Waals surface area (Å²) in [6.45, 7) is 0. The molecule has 0 amide bonds. The summed E-state index contributed by atoms with van der Waals surface area (Å²) < 4.78 is 0.697. The summed E-state index contributed by atoms with van der Waals surface area (Å²) in [4.78, 5) is 14.8. The topological polar surface area (TPSA) is 78.9 Å². The predicted octanol–water partition coefficient (Wildman–Crippen LogP) is 1.93. The molecule has 0 bridgehead atoms. The average molecular weight is 268 g/mol. The molecule has 0 aliphatic heterocycles. The van der Waals surface area contributed by atoms with E-state index in [2.05, 4.69) is 31.1 Å². The molecule has 2 aromatic rings. The first-order valence-corrected chi connectivity index (χ1v) is 4.86. The van der Waals surface area contributed by atoms with E-state index in [1.807, 2.05) is 0 Å². The highest BCUT2D eigenvalue weighted by atomic mass is 79.9. The van der Waals surface area contributed by atoms with Gasteiger partial charge >= 0.3 is 5.97 Å². The van der Waals surface area contributed by atoms with Gasteiger partial charge in [0.2, 0.25) is 0 Å². The number of rotatable bonds is 2. The summed E-state index contributed by atoms with van der Waals surface area (Å²) >= 11 is 3.20. The van der Waals surface area contributed by atoms with E-state index in [1.165, 1.54) is 6.20 Å². The van der Waals surface area contributed by atoms with Crippen molar-refractivity contribution < 1.29 is 9.90 Å². The summed E-state index contributed by atoms with van der Waals surface area (Å²) in [5.41, 5.74) is 1.29. The second kappa shape index (κ2) is 3.82. The van der Waals surface area contributed by atoms with Crippen LogP contribution >= 0.6 is 15.9 Å². The quantitative estimate of drug-likeness (QED) is 0.815. The molecule has 76 valence electrons. The third kappa shape index (κ3) is 1.89. The third-order valence-electron chi connectivity index (χ3n) is 1.89. The van der Waals surface area contributed by atoms with Gasteiger partial charge in [-0.3, -0.25) is 5.10 Å². The zero-order valence-corrected chi connectivity index (χ0v) is 9.02. The molecule has 0 aliphatic carbocycles. The first-order valence-electron chi connectivity index (χ1n) is 4.07. The van der Waals surface area contributed by atoms with Gasteiger partial charge in [0.15, 0.2) is 0 Å². The molecule has 5 nitrogen and oxygen atoms in total. The Labute approximate surface area is 93.3 Å². The van der Waals surface area contributed by atoms with E-state index in [-0.39, 0.29) is 5.56 Å². The van der Waals surface area contributed by atoms with Crippen LogP contribution in [0, 0.1) is 0 Å². The molecule has 0 fully saturated rings. The van der Waals surface area contributed by atoms with Crippen LogP contribution in [-0.4, -0.2) is 26.3 Å². The Balaban J connectivity index is 2.49. The van der Waals surface area contributed by atoms with Crippen molar-refractivity contribution in [3.8, 4) is 11.3 Å². The van der Waals surface area contributed by atoms with E-state index < -0.39 is 5.97 Å². The van der Waals surface area contributed by atoms with Crippen LogP contribution in [0.3, 0.4) is 0 Å². The molecule has 15 heavy (non-hydrogen) atoms. The number of carboxylic acid groups (broad SMARTS) is 1. The van der Waals surface area contributed by atoms with Crippen LogP contribution in [0.25, 0.3) is 11.3 Å². The molecule has 0 saturated carbocycles. The Kier molecular flexibility index (Phi) is 2.51. The van der Waals surface area contributed by atoms with Crippen molar-refractivity contribution in [3.05, 3.63) is 34.7 Å². The summed E-state index contributed by atoms with van der Waals surface area (Å²) in [6, 6.07) is 3.50. The Morgan fingerprint density at radius 2 is 2.20 bits per heavy atom. The second-order valence-electron chi connectivity index (χ2n) is 2.83. The number of aromatic carboxylic acids is 1. The lowest BCUT2D eigenvalue weighted by Gasteiger charge is -1.98. The molecule has 0 aromatic carbocycles. The number of halogens is 1. The van der Waals surface area contributed by atoms with Crippen LogP contribution in [-0.2, 0) is 0 Å². The first kappa shape index (κ1) is 9.85. The van der Waals surface area contributed by atoms with Gasteiger partial charge in [-0.15, -0.1) is 0 Å². The fourth-order valence-electron chi connectivity index (χ4n) is 1.19. The van der Waals surface area contributed by atoms with Crippen molar-refractivity contribution in [1.29, 1.82) is 0 Å². The van der Waals surface area contributed by atoms with Crippen LogP contribution in [0.15, 0.2) is 29.1 Å². The molecule has 0 radical (unpaired) electrons. The van der Waals surface area contributed by atoms with Gasteiger partial charge in [0.25, 0.3) is 0 Å². The molecule has 2 heterocycles. The number of carbonyl (C=O) groups is 1. The fraction of sp³-hybridized carbons (Fsp3) is 0. The van der Waals surface area contributed by atoms with Gasteiger partial charge in [0, 0.05) is 11.8 Å². The van der Waals surface area contributed by atoms with E-state index >= 15 is 0 Å². The Hall–Kier alpha value is -1.69. The maximum absolute atomic E-state index is 10.8. The second-order valence-corrected chi connectivity index (χ2v) is 3.65. The third-order valence-corrected chi connectivity index (χ3v) is 2.35. The molecular weight excluding hydrogens is 262 g/mol. The maximum atomic E-state index is 10.8. The monoisotopic (exact) mass is 267 g/mol. The largest absolute Gasteiger partial charge is 0.478 e. The molecule has 2 rings (SSSR count). The van der Waals surface area contributed by atoms with Crippen molar-refractivity contribution in [3.63, 3.8) is 0 Å². The molecule has 0 atom stereocenters. The molecule has 0 saturated heterocycles. The van der Waals surface area contributed by atoms with Crippen LogP contribution in [0.4, 0.5) is 0 Å². The van der Waals surface area contributed by atoms with Gasteiger partial charge in [-0.2, -0.15) is 5.10 Å². The van der Waals surface area contributed by atoms with E-state index in [1.54, 1.807) is 18.3 Å². The predicted molar refractivity (Wildman–Crippen MR) is 56.5 cm³/mol. The SMILES string of the molecule is O=C(O)c1cn[nH]c1-c1ccc(Br)nc1. The number of hydrogen-bond donors (Lipinski definition) is 2. The maximum Gasteiger partial charge on any atom is 0.339 e. The normalized spacial score (nSPS) is 10.2. The summed E-state index contributed by atoms with van der Waals surface area (Å²) in [5, 5.41) is 15.2. The highest BCUT2D eigenvalue weighted by molar-refractivity contribution is 9.10. The van der Waals surface area contributed by atoms with E-state index in [4.69, 9.17) is 5.11 Å². The van der Waals surface area contributed by atoms with Gasteiger partial charge in [-0.1, -0.05) is 0 Å². The van der Waals surface area contributed by atoms with Crippen molar-refractivity contribution in [2.45, 2.75) is 0 Å². The lowest BCUT2D eigenvalue weighted by molar-refractivity contribution is 0.0698. The van der Waals surface area contributed by atoms with Gasteiger partial charge in [-0.25, -0.2) is 9.78 Å². The molecule has 0 unspecified atom stereocenters. The molecule has 0 aliphatic rings. The van der Waals surface area contributed by atoms with Crippen LogP contribution in [0.2, 0.25) is 0 Å². The number of carboxylic acids is 1. The minimum Gasteiger partial charge on any atom is -0.478 e. The van der Waals surface area contributed by atoms with Crippen molar-refractivity contribution in [1.82, 2.24) is 15.2 Å². The molecular formula is C9H6BrN3O2. The Bertz CT molecular complexity index is 492. The standard InChI is InChI=1S/C9H6BrN3O2/c10-7-2-1-5(3-11-7)8-6(9(14)15)4-12-13-8/h1-4H,(H,12,13)(H,14,15). The number of pyridine rings is 1. The zero-order chi connectivity index (χ0) is 10.8. The van der Waals surface area contributed by atoms with Crippen LogP contribution in [0.1, 0.15) is 10.4 Å². The molecule has 0 spiro atoms. The number of aromatic nitrogens is 3. The highest BCUT2D eigenvalue weighted by Crippen LogP contribution is 2.21. The lowest BCUT2D eigenvalue weighted by atomic mass is 10.1. The lowest BCUT2D eigenvalue weighted by Crippen LogP contribution is -1.96. The average Bonchev–Trinajstić information content (AvgIpc) is 2.67. The number of nitrogens with one attached hydrogen (secondary N) is 1. The van der Waals surface area contributed by atoms with E-state index in [0.29, 0.717) is 15.9 Å². The summed E-state index contributed by atoms with van der Waals surface area (Å²) in [7, 11) is 0. The first-order chi connectivity index (χ1) is 7.18. The number of hydrogen-bond acceptors (Lipinski definition) is 3.